The number of carbonyl (C=O) groups excluding carboxylic acids is 2. The van der Waals surface area contributed by atoms with Crippen molar-refractivity contribution >= 4 is 23.2 Å². The van der Waals surface area contributed by atoms with Crippen molar-refractivity contribution in [2.75, 3.05) is 17.7 Å². The zero-order chi connectivity index (χ0) is 18.2. The molecule has 3 N–H and O–H groups in total. The SMILES string of the molecule is COc1ccc(CN[C@@H](C)C(=O)Nc2ccc(NC(C)=O)cc2)cc1. The standard InChI is InChI=1S/C19H23N3O3/c1-13(20-12-15-4-10-18(25-3)11-5-15)19(24)22-17-8-6-16(7-9-17)21-14(2)23/h4-11,13,20H,12H2,1-3H3,(H,21,23)(H,22,24)/t13-/m0/s1. The van der Waals surface area contributed by atoms with E-state index in [4.69, 9.17) is 4.74 Å². The Labute approximate surface area is 147 Å². The van der Waals surface area contributed by atoms with Gasteiger partial charge in [0.2, 0.25) is 11.8 Å². The summed E-state index contributed by atoms with van der Waals surface area (Å²) in [6.45, 7) is 3.84. The summed E-state index contributed by atoms with van der Waals surface area (Å²) in [4.78, 5) is 23.2. The van der Waals surface area contributed by atoms with Crippen LogP contribution in [0.5, 0.6) is 5.75 Å². The highest BCUT2D eigenvalue weighted by atomic mass is 16.5. The summed E-state index contributed by atoms with van der Waals surface area (Å²) in [5.41, 5.74) is 2.44. The number of methoxy groups -OCH3 is 1. The highest BCUT2D eigenvalue weighted by molar-refractivity contribution is 5.95. The topological polar surface area (TPSA) is 79.5 Å². The molecule has 6 heteroatoms. The van der Waals surface area contributed by atoms with E-state index in [2.05, 4.69) is 16.0 Å². The van der Waals surface area contributed by atoms with Crippen molar-refractivity contribution in [3.63, 3.8) is 0 Å². The zero-order valence-corrected chi connectivity index (χ0v) is 14.6. The maximum Gasteiger partial charge on any atom is 0.241 e. The Morgan fingerprint density at radius 1 is 0.960 bits per heavy atom. The molecule has 0 spiro atoms. The summed E-state index contributed by atoms with van der Waals surface area (Å²) < 4.78 is 5.12. The van der Waals surface area contributed by atoms with Gasteiger partial charge in [0.25, 0.3) is 0 Å². The number of anilines is 2. The van der Waals surface area contributed by atoms with Crippen LogP contribution in [0, 0.1) is 0 Å². The van der Waals surface area contributed by atoms with Crippen LogP contribution in [-0.4, -0.2) is 25.0 Å². The number of amides is 2. The lowest BCUT2D eigenvalue weighted by Crippen LogP contribution is -2.37. The summed E-state index contributed by atoms with van der Waals surface area (Å²) in [6, 6.07) is 14.3. The molecule has 2 aromatic rings. The third kappa shape index (κ3) is 5.93. The Balaban J connectivity index is 1.83. The Kier molecular flexibility index (Phi) is 6.54. The van der Waals surface area contributed by atoms with Crippen LogP contribution in [0.25, 0.3) is 0 Å². The van der Waals surface area contributed by atoms with E-state index < -0.39 is 0 Å². The van der Waals surface area contributed by atoms with Gasteiger partial charge in [0.1, 0.15) is 5.75 Å². The van der Waals surface area contributed by atoms with E-state index >= 15 is 0 Å². The first-order valence-electron chi connectivity index (χ1n) is 8.03. The molecule has 132 valence electrons. The lowest BCUT2D eigenvalue weighted by molar-refractivity contribution is -0.118. The summed E-state index contributed by atoms with van der Waals surface area (Å²) in [6.07, 6.45) is 0. The molecular weight excluding hydrogens is 318 g/mol. The van der Waals surface area contributed by atoms with Gasteiger partial charge in [-0.25, -0.2) is 0 Å². The molecule has 0 saturated heterocycles. The van der Waals surface area contributed by atoms with Gasteiger partial charge < -0.3 is 20.7 Å². The minimum atomic E-state index is -0.350. The van der Waals surface area contributed by atoms with Crippen LogP contribution in [0.4, 0.5) is 11.4 Å². The Morgan fingerprint density at radius 2 is 1.52 bits per heavy atom. The number of nitrogens with one attached hydrogen (secondary N) is 3. The molecule has 0 aliphatic carbocycles. The molecule has 0 fully saturated rings. The van der Waals surface area contributed by atoms with Crippen molar-refractivity contribution in [3.05, 3.63) is 54.1 Å². The zero-order valence-electron chi connectivity index (χ0n) is 14.6. The Morgan fingerprint density at radius 3 is 2.04 bits per heavy atom. The molecule has 2 amide bonds. The fourth-order valence-electron chi connectivity index (χ4n) is 2.20. The third-order valence-electron chi connectivity index (χ3n) is 3.64. The smallest absolute Gasteiger partial charge is 0.241 e. The molecule has 0 radical (unpaired) electrons. The monoisotopic (exact) mass is 341 g/mol. The van der Waals surface area contributed by atoms with Gasteiger partial charge in [0.15, 0.2) is 0 Å². The second-order valence-electron chi connectivity index (χ2n) is 5.70. The average Bonchev–Trinajstić information content (AvgIpc) is 2.61. The molecule has 0 aliphatic heterocycles. The highest BCUT2D eigenvalue weighted by Gasteiger charge is 2.12. The van der Waals surface area contributed by atoms with Gasteiger partial charge in [-0.2, -0.15) is 0 Å². The number of ether oxygens (including phenoxy) is 1. The average molecular weight is 341 g/mol. The molecule has 0 saturated carbocycles. The number of benzene rings is 2. The second kappa shape index (κ2) is 8.84. The van der Waals surface area contributed by atoms with Crippen LogP contribution in [0.2, 0.25) is 0 Å². The maximum absolute atomic E-state index is 12.2. The van der Waals surface area contributed by atoms with E-state index in [1.165, 1.54) is 6.92 Å². The van der Waals surface area contributed by atoms with E-state index in [0.717, 1.165) is 11.3 Å². The third-order valence-corrected chi connectivity index (χ3v) is 3.64. The predicted molar refractivity (Wildman–Crippen MR) is 98.7 cm³/mol. The number of hydrogen-bond acceptors (Lipinski definition) is 4. The summed E-state index contributed by atoms with van der Waals surface area (Å²) in [5, 5.41) is 8.71. The van der Waals surface area contributed by atoms with Crippen LogP contribution in [0.15, 0.2) is 48.5 Å². The molecule has 0 heterocycles. The molecule has 1 atom stereocenters. The fraction of sp³-hybridized carbons (Fsp3) is 0.263. The quantitative estimate of drug-likeness (QED) is 0.723. The van der Waals surface area contributed by atoms with Crippen LogP contribution in [0.1, 0.15) is 19.4 Å². The lowest BCUT2D eigenvalue weighted by atomic mass is 10.2. The van der Waals surface area contributed by atoms with E-state index in [9.17, 15) is 9.59 Å². The molecule has 2 aromatic carbocycles. The molecule has 0 unspecified atom stereocenters. The highest BCUT2D eigenvalue weighted by Crippen LogP contribution is 2.14. The van der Waals surface area contributed by atoms with Crippen molar-refractivity contribution in [2.24, 2.45) is 0 Å². The summed E-state index contributed by atoms with van der Waals surface area (Å²) >= 11 is 0. The van der Waals surface area contributed by atoms with Crippen LogP contribution in [0.3, 0.4) is 0 Å². The van der Waals surface area contributed by atoms with E-state index in [0.29, 0.717) is 17.9 Å². The van der Waals surface area contributed by atoms with Crippen molar-refractivity contribution in [3.8, 4) is 5.75 Å². The van der Waals surface area contributed by atoms with Crippen molar-refractivity contribution in [1.29, 1.82) is 0 Å². The van der Waals surface area contributed by atoms with Crippen molar-refractivity contribution in [1.82, 2.24) is 5.32 Å². The first-order valence-corrected chi connectivity index (χ1v) is 8.03. The van der Waals surface area contributed by atoms with E-state index in [1.807, 2.05) is 31.2 Å². The largest absolute Gasteiger partial charge is 0.497 e. The molecular formula is C19H23N3O3. The molecule has 0 aromatic heterocycles. The van der Waals surface area contributed by atoms with Gasteiger partial charge in [0, 0.05) is 24.8 Å². The van der Waals surface area contributed by atoms with Crippen LogP contribution in [-0.2, 0) is 16.1 Å². The minimum absolute atomic E-state index is 0.124. The molecule has 2 rings (SSSR count). The Hall–Kier alpha value is -2.86. The summed E-state index contributed by atoms with van der Waals surface area (Å²) in [7, 11) is 1.63. The number of rotatable bonds is 7. The van der Waals surface area contributed by atoms with Gasteiger partial charge in [0.05, 0.1) is 13.2 Å². The first kappa shape index (κ1) is 18.5. The normalized spacial score (nSPS) is 11.5. The number of carbonyl (C=O) groups is 2. The van der Waals surface area contributed by atoms with Gasteiger partial charge in [-0.15, -0.1) is 0 Å². The van der Waals surface area contributed by atoms with Gasteiger partial charge >= 0.3 is 0 Å². The molecule has 25 heavy (non-hydrogen) atoms. The lowest BCUT2D eigenvalue weighted by Gasteiger charge is -2.14. The summed E-state index contributed by atoms with van der Waals surface area (Å²) in [5.74, 6) is 0.547. The van der Waals surface area contributed by atoms with Crippen LogP contribution >= 0.6 is 0 Å². The van der Waals surface area contributed by atoms with E-state index in [-0.39, 0.29) is 17.9 Å². The minimum Gasteiger partial charge on any atom is -0.497 e. The van der Waals surface area contributed by atoms with Gasteiger partial charge in [-0.05, 0) is 48.9 Å². The van der Waals surface area contributed by atoms with Crippen LogP contribution < -0.4 is 20.7 Å². The second-order valence-corrected chi connectivity index (χ2v) is 5.70. The maximum atomic E-state index is 12.2. The fourth-order valence-corrected chi connectivity index (χ4v) is 2.20. The van der Waals surface area contributed by atoms with Gasteiger partial charge in [-0.3, -0.25) is 9.59 Å². The van der Waals surface area contributed by atoms with Crippen molar-refractivity contribution in [2.45, 2.75) is 26.4 Å². The molecule has 0 aliphatic rings. The van der Waals surface area contributed by atoms with Crippen molar-refractivity contribution < 1.29 is 14.3 Å². The first-order chi connectivity index (χ1) is 12.0. The Bertz CT molecular complexity index is 712. The van der Waals surface area contributed by atoms with E-state index in [1.54, 1.807) is 31.4 Å². The van der Waals surface area contributed by atoms with Gasteiger partial charge in [-0.1, -0.05) is 12.1 Å². The number of hydrogen-bond donors (Lipinski definition) is 3. The predicted octanol–water partition coefficient (Wildman–Crippen LogP) is 2.77. The molecule has 0 bridgehead atoms. The molecule has 6 nitrogen and oxygen atoms in total.